The first kappa shape index (κ1) is 15.0. The zero-order valence-corrected chi connectivity index (χ0v) is 11.3. The Labute approximate surface area is 113 Å². The molecule has 0 fully saturated rings. The summed E-state index contributed by atoms with van der Waals surface area (Å²) >= 11 is 0. The quantitative estimate of drug-likeness (QED) is 0.689. The lowest BCUT2D eigenvalue weighted by atomic mass is 10.3. The minimum atomic E-state index is -0.362. The van der Waals surface area contributed by atoms with Gasteiger partial charge in [0.1, 0.15) is 12.4 Å². The van der Waals surface area contributed by atoms with Crippen molar-refractivity contribution in [1.29, 1.82) is 0 Å². The van der Waals surface area contributed by atoms with E-state index in [1.54, 1.807) is 25.1 Å². The molecule has 0 bridgehead atoms. The van der Waals surface area contributed by atoms with Crippen molar-refractivity contribution in [3.63, 3.8) is 0 Å². The Morgan fingerprint density at radius 3 is 2.89 bits per heavy atom. The van der Waals surface area contributed by atoms with Gasteiger partial charge in [0.15, 0.2) is 0 Å². The lowest BCUT2D eigenvalue weighted by Gasteiger charge is -2.13. The number of aliphatic hydroxyl groups excluding tert-OH is 1. The van der Waals surface area contributed by atoms with E-state index in [9.17, 15) is 4.79 Å². The number of aliphatic hydroxyl groups is 1. The van der Waals surface area contributed by atoms with Crippen LogP contribution >= 0.6 is 0 Å². The summed E-state index contributed by atoms with van der Waals surface area (Å²) in [4.78, 5) is 11.6. The van der Waals surface area contributed by atoms with Gasteiger partial charge in [-0.1, -0.05) is 12.6 Å². The number of carbonyl (C=O) groups is 1. The first-order valence-electron chi connectivity index (χ1n) is 6.07. The van der Waals surface area contributed by atoms with E-state index in [0.717, 1.165) is 5.57 Å². The van der Waals surface area contributed by atoms with Gasteiger partial charge in [-0.2, -0.15) is 0 Å². The molecule has 0 radical (unpaired) electrons. The van der Waals surface area contributed by atoms with E-state index in [1.807, 2.05) is 13.0 Å². The molecule has 3 N–H and O–H groups in total. The standard InChI is InChI=1S/C14H20N2O3/c1-10(2)9-19-13-6-4-5-12(7-13)16-14(18)15-11(3)8-17/h4-7,11,17H,1,8-9H2,2-3H3,(H2,15,16,18)/t11-/m0/s1. The fourth-order valence-electron chi connectivity index (χ4n) is 1.31. The Morgan fingerprint density at radius 2 is 2.26 bits per heavy atom. The molecule has 5 heteroatoms. The van der Waals surface area contributed by atoms with Gasteiger partial charge in [0.25, 0.3) is 0 Å². The van der Waals surface area contributed by atoms with Gasteiger partial charge in [-0.15, -0.1) is 0 Å². The maximum absolute atomic E-state index is 11.6. The Hall–Kier alpha value is -2.01. The normalized spacial score (nSPS) is 11.5. The van der Waals surface area contributed by atoms with Crippen LogP contribution in [0, 0.1) is 0 Å². The van der Waals surface area contributed by atoms with E-state index in [4.69, 9.17) is 9.84 Å². The first-order chi connectivity index (χ1) is 9.01. The molecular weight excluding hydrogens is 244 g/mol. The van der Waals surface area contributed by atoms with Gasteiger partial charge in [-0.25, -0.2) is 4.79 Å². The summed E-state index contributed by atoms with van der Waals surface area (Å²) < 4.78 is 5.48. The van der Waals surface area contributed by atoms with Crippen molar-refractivity contribution < 1.29 is 14.6 Å². The fraction of sp³-hybridized carbons (Fsp3) is 0.357. The van der Waals surface area contributed by atoms with Crippen LogP contribution in [-0.4, -0.2) is 30.4 Å². The summed E-state index contributed by atoms with van der Waals surface area (Å²) in [7, 11) is 0. The van der Waals surface area contributed by atoms with Crippen molar-refractivity contribution in [2.45, 2.75) is 19.9 Å². The second kappa shape index (κ2) is 7.43. The summed E-state index contributed by atoms with van der Waals surface area (Å²) in [5.41, 5.74) is 1.55. The van der Waals surface area contributed by atoms with E-state index in [-0.39, 0.29) is 18.7 Å². The van der Waals surface area contributed by atoms with Crippen LogP contribution in [0.3, 0.4) is 0 Å². The Balaban J connectivity index is 2.56. The van der Waals surface area contributed by atoms with Crippen molar-refractivity contribution in [2.75, 3.05) is 18.5 Å². The molecule has 5 nitrogen and oxygen atoms in total. The van der Waals surface area contributed by atoms with Crippen LogP contribution in [0.15, 0.2) is 36.4 Å². The number of urea groups is 1. The summed E-state index contributed by atoms with van der Waals surface area (Å²) in [6, 6.07) is 6.44. The number of ether oxygens (including phenoxy) is 1. The number of anilines is 1. The van der Waals surface area contributed by atoms with E-state index in [0.29, 0.717) is 18.0 Å². The van der Waals surface area contributed by atoms with Gasteiger partial charge in [-0.3, -0.25) is 0 Å². The van der Waals surface area contributed by atoms with Gasteiger partial charge >= 0.3 is 6.03 Å². The second-order valence-electron chi connectivity index (χ2n) is 4.46. The molecule has 0 aliphatic heterocycles. The molecule has 1 atom stereocenters. The van der Waals surface area contributed by atoms with Crippen LogP contribution < -0.4 is 15.4 Å². The van der Waals surface area contributed by atoms with Crippen molar-refractivity contribution in [1.82, 2.24) is 5.32 Å². The molecule has 104 valence electrons. The first-order valence-corrected chi connectivity index (χ1v) is 6.07. The number of benzene rings is 1. The fourth-order valence-corrected chi connectivity index (χ4v) is 1.31. The smallest absolute Gasteiger partial charge is 0.319 e. The van der Waals surface area contributed by atoms with Crippen LogP contribution in [0.25, 0.3) is 0 Å². The molecule has 1 rings (SSSR count). The summed E-state index contributed by atoms with van der Waals surface area (Å²) in [5.74, 6) is 0.663. The molecule has 0 unspecified atom stereocenters. The third-order valence-electron chi connectivity index (χ3n) is 2.23. The number of nitrogens with one attached hydrogen (secondary N) is 2. The minimum Gasteiger partial charge on any atom is -0.489 e. The molecule has 0 aromatic heterocycles. The van der Waals surface area contributed by atoms with Crippen LogP contribution in [0.1, 0.15) is 13.8 Å². The van der Waals surface area contributed by atoms with E-state index >= 15 is 0 Å². The average Bonchev–Trinajstić information content (AvgIpc) is 2.36. The molecule has 0 aliphatic rings. The molecule has 1 aromatic carbocycles. The lowest BCUT2D eigenvalue weighted by molar-refractivity contribution is 0.229. The summed E-state index contributed by atoms with van der Waals surface area (Å²) in [6.07, 6.45) is 0. The molecule has 1 aromatic rings. The van der Waals surface area contributed by atoms with Crippen LogP contribution in [0.4, 0.5) is 10.5 Å². The van der Waals surface area contributed by atoms with Crippen molar-refractivity contribution >= 4 is 11.7 Å². The van der Waals surface area contributed by atoms with Gasteiger partial charge < -0.3 is 20.5 Å². The highest BCUT2D eigenvalue weighted by atomic mass is 16.5. The number of hydrogen-bond donors (Lipinski definition) is 3. The average molecular weight is 264 g/mol. The third kappa shape index (κ3) is 5.92. The SMILES string of the molecule is C=C(C)COc1cccc(NC(=O)N[C@@H](C)CO)c1. The van der Waals surface area contributed by atoms with E-state index in [2.05, 4.69) is 17.2 Å². The van der Waals surface area contributed by atoms with Crippen molar-refractivity contribution in [3.8, 4) is 5.75 Å². The van der Waals surface area contributed by atoms with Crippen LogP contribution in [-0.2, 0) is 0 Å². The van der Waals surface area contributed by atoms with Gasteiger partial charge in [0.05, 0.1) is 12.6 Å². The van der Waals surface area contributed by atoms with Gasteiger partial charge in [0.2, 0.25) is 0 Å². The number of rotatable bonds is 6. The van der Waals surface area contributed by atoms with Gasteiger partial charge in [-0.05, 0) is 31.6 Å². The molecular formula is C14H20N2O3. The zero-order valence-electron chi connectivity index (χ0n) is 11.3. The molecule has 2 amide bonds. The molecule has 0 saturated heterocycles. The summed E-state index contributed by atoms with van der Waals surface area (Å²) in [5, 5.41) is 14.1. The molecule has 19 heavy (non-hydrogen) atoms. The second-order valence-corrected chi connectivity index (χ2v) is 4.46. The maximum Gasteiger partial charge on any atom is 0.319 e. The Bertz CT molecular complexity index is 446. The highest BCUT2D eigenvalue weighted by Crippen LogP contribution is 2.17. The van der Waals surface area contributed by atoms with Crippen molar-refractivity contribution in [3.05, 3.63) is 36.4 Å². The van der Waals surface area contributed by atoms with Gasteiger partial charge in [0, 0.05) is 11.8 Å². The maximum atomic E-state index is 11.6. The number of amides is 2. The molecule has 0 aliphatic carbocycles. The predicted molar refractivity (Wildman–Crippen MR) is 75.5 cm³/mol. The van der Waals surface area contributed by atoms with Crippen molar-refractivity contribution in [2.24, 2.45) is 0 Å². The third-order valence-corrected chi connectivity index (χ3v) is 2.23. The lowest BCUT2D eigenvalue weighted by Crippen LogP contribution is -2.38. The minimum absolute atomic E-state index is 0.102. The molecule has 0 heterocycles. The number of hydrogen-bond acceptors (Lipinski definition) is 3. The Morgan fingerprint density at radius 1 is 1.53 bits per heavy atom. The summed E-state index contributed by atoms with van der Waals surface area (Å²) in [6.45, 7) is 7.69. The Kier molecular flexibility index (Phi) is 5.89. The highest BCUT2D eigenvalue weighted by molar-refractivity contribution is 5.89. The predicted octanol–water partition coefficient (Wildman–Crippen LogP) is 2.14. The topological polar surface area (TPSA) is 70.6 Å². The highest BCUT2D eigenvalue weighted by Gasteiger charge is 2.06. The molecule has 0 spiro atoms. The van der Waals surface area contributed by atoms with Crippen LogP contribution in [0.2, 0.25) is 0 Å². The van der Waals surface area contributed by atoms with Crippen LogP contribution in [0.5, 0.6) is 5.75 Å². The van der Waals surface area contributed by atoms with E-state index < -0.39 is 0 Å². The monoisotopic (exact) mass is 264 g/mol. The largest absolute Gasteiger partial charge is 0.489 e. The zero-order chi connectivity index (χ0) is 14.3. The number of carbonyl (C=O) groups excluding carboxylic acids is 1. The van der Waals surface area contributed by atoms with E-state index in [1.165, 1.54) is 0 Å². The molecule has 0 saturated carbocycles.